The van der Waals surface area contributed by atoms with Crippen molar-refractivity contribution in [3.63, 3.8) is 0 Å². The first-order valence-electron chi connectivity index (χ1n) is 6.76. The number of carbonyl (C=O) groups is 1. The molecule has 1 atom stereocenters. The van der Waals surface area contributed by atoms with Crippen molar-refractivity contribution < 1.29 is 14.6 Å². The number of carboxylic acid groups (broad SMARTS) is 1. The summed E-state index contributed by atoms with van der Waals surface area (Å²) < 4.78 is 5.37. The number of hydrogen-bond acceptors (Lipinski definition) is 3. The van der Waals surface area contributed by atoms with Gasteiger partial charge in [0.15, 0.2) is 0 Å². The van der Waals surface area contributed by atoms with E-state index >= 15 is 0 Å². The highest BCUT2D eigenvalue weighted by Crippen LogP contribution is 2.23. The Kier molecular flexibility index (Phi) is 4.80. The van der Waals surface area contributed by atoms with Crippen LogP contribution in [0.15, 0.2) is 0 Å². The Morgan fingerprint density at radius 1 is 1.24 bits per heavy atom. The van der Waals surface area contributed by atoms with Crippen LogP contribution in [0.25, 0.3) is 0 Å². The molecule has 0 aromatic rings. The number of aliphatic carboxylic acids is 1. The van der Waals surface area contributed by atoms with Gasteiger partial charge in [0.2, 0.25) is 0 Å². The van der Waals surface area contributed by atoms with Gasteiger partial charge >= 0.3 is 5.97 Å². The molecule has 17 heavy (non-hydrogen) atoms. The number of hydrogen-bond donors (Lipinski definition) is 1. The van der Waals surface area contributed by atoms with E-state index in [-0.39, 0.29) is 0 Å². The van der Waals surface area contributed by atoms with E-state index in [0.29, 0.717) is 12.3 Å². The Bertz CT molecular complexity index is 251. The minimum Gasteiger partial charge on any atom is -0.481 e. The molecule has 4 heteroatoms. The third-order valence-electron chi connectivity index (χ3n) is 3.92. The highest BCUT2D eigenvalue weighted by molar-refractivity contribution is 5.67. The maximum absolute atomic E-state index is 10.7. The zero-order chi connectivity index (χ0) is 12.1. The van der Waals surface area contributed by atoms with Crippen molar-refractivity contribution in [3.05, 3.63) is 0 Å². The number of ether oxygens (including phenoxy) is 1. The minimum absolute atomic E-state index is 0.338. The van der Waals surface area contributed by atoms with Gasteiger partial charge in [-0.2, -0.15) is 0 Å². The molecule has 2 aliphatic heterocycles. The zero-order valence-corrected chi connectivity index (χ0v) is 10.4. The molecular weight excluding hydrogens is 218 g/mol. The van der Waals surface area contributed by atoms with Gasteiger partial charge in [-0.25, -0.2) is 0 Å². The Hall–Kier alpha value is -0.610. The monoisotopic (exact) mass is 241 g/mol. The maximum atomic E-state index is 10.7. The van der Waals surface area contributed by atoms with Crippen LogP contribution in [0.5, 0.6) is 0 Å². The fourth-order valence-electron chi connectivity index (χ4n) is 3.02. The van der Waals surface area contributed by atoms with Gasteiger partial charge < -0.3 is 14.7 Å². The van der Waals surface area contributed by atoms with E-state index in [9.17, 15) is 4.79 Å². The van der Waals surface area contributed by atoms with Gasteiger partial charge in [-0.1, -0.05) is 0 Å². The van der Waals surface area contributed by atoms with Crippen LogP contribution < -0.4 is 0 Å². The maximum Gasteiger partial charge on any atom is 0.303 e. The van der Waals surface area contributed by atoms with E-state index in [4.69, 9.17) is 9.84 Å². The molecule has 0 aromatic heterocycles. The van der Waals surface area contributed by atoms with E-state index in [0.717, 1.165) is 51.6 Å². The van der Waals surface area contributed by atoms with Crippen molar-refractivity contribution in [2.75, 3.05) is 32.8 Å². The van der Waals surface area contributed by atoms with Gasteiger partial charge in [-0.3, -0.25) is 4.79 Å². The van der Waals surface area contributed by atoms with Crippen LogP contribution in [-0.4, -0.2) is 48.8 Å². The minimum atomic E-state index is -0.650. The topological polar surface area (TPSA) is 49.8 Å². The molecule has 0 spiro atoms. The van der Waals surface area contributed by atoms with E-state index in [1.165, 1.54) is 12.8 Å². The highest BCUT2D eigenvalue weighted by Gasteiger charge is 2.24. The summed E-state index contributed by atoms with van der Waals surface area (Å²) in [4.78, 5) is 13.2. The quantitative estimate of drug-likeness (QED) is 0.812. The molecule has 2 aliphatic rings. The lowest BCUT2D eigenvalue weighted by Crippen LogP contribution is -2.40. The molecule has 2 saturated heterocycles. The fourth-order valence-corrected chi connectivity index (χ4v) is 3.02. The van der Waals surface area contributed by atoms with Crippen LogP contribution in [0.2, 0.25) is 0 Å². The number of rotatable bonds is 4. The smallest absolute Gasteiger partial charge is 0.303 e. The SMILES string of the molecule is O=C(O)CC1CCCN(CC2CCOCC2)C1. The van der Waals surface area contributed by atoms with Gasteiger partial charge in [0.05, 0.1) is 0 Å². The second kappa shape index (κ2) is 6.36. The summed E-state index contributed by atoms with van der Waals surface area (Å²) >= 11 is 0. The van der Waals surface area contributed by atoms with E-state index in [1.54, 1.807) is 0 Å². The average Bonchev–Trinajstić information content (AvgIpc) is 2.30. The van der Waals surface area contributed by atoms with Crippen molar-refractivity contribution in [1.82, 2.24) is 4.90 Å². The molecule has 4 nitrogen and oxygen atoms in total. The van der Waals surface area contributed by atoms with E-state index < -0.39 is 5.97 Å². The molecule has 0 radical (unpaired) electrons. The van der Waals surface area contributed by atoms with Crippen LogP contribution in [0, 0.1) is 11.8 Å². The first-order chi connectivity index (χ1) is 8.24. The molecule has 0 saturated carbocycles. The fraction of sp³-hybridized carbons (Fsp3) is 0.923. The highest BCUT2D eigenvalue weighted by atomic mass is 16.5. The predicted octanol–water partition coefficient (Wildman–Crippen LogP) is 1.60. The molecule has 98 valence electrons. The molecule has 0 amide bonds. The largest absolute Gasteiger partial charge is 0.481 e. The summed E-state index contributed by atoms with van der Waals surface area (Å²) in [6.07, 6.45) is 4.90. The van der Waals surface area contributed by atoms with Crippen LogP contribution in [0.3, 0.4) is 0 Å². The van der Waals surface area contributed by atoms with Gasteiger partial charge in [0, 0.05) is 32.7 Å². The Morgan fingerprint density at radius 3 is 2.71 bits per heavy atom. The Morgan fingerprint density at radius 2 is 2.00 bits per heavy atom. The predicted molar refractivity (Wildman–Crippen MR) is 65.0 cm³/mol. The standard InChI is InChI=1S/C13H23NO3/c15-13(16)8-12-2-1-5-14(10-12)9-11-3-6-17-7-4-11/h11-12H,1-10H2,(H,15,16). The van der Waals surface area contributed by atoms with Crippen molar-refractivity contribution >= 4 is 5.97 Å². The number of nitrogens with zero attached hydrogens (tertiary/aromatic N) is 1. The summed E-state index contributed by atoms with van der Waals surface area (Å²) in [6.45, 7) is 5.06. The third-order valence-corrected chi connectivity index (χ3v) is 3.92. The summed E-state index contributed by atoms with van der Waals surface area (Å²) in [6, 6.07) is 0. The molecule has 2 fully saturated rings. The molecule has 1 unspecified atom stereocenters. The average molecular weight is 241 g/mol. The summed E-state index contributed by atoms with van der Waals surface area (Å²) in [5, 5.41) is 8.84. The summed E-state index contributed by atoms with van der Waals surface area (Å²) in [5.41, 5.74) is 0. The van der Waals surface area contributed by atoms with Gasteiger partial charge in [0.25, 0.3) is 0 Å². The molecular formula is C13H23NO3. The number of piperidine rings is 1. The van der Waals surface area contributed by atoms with Gasteiger partial charge in [0.1, 0.15) is 0 Å². The molecule has 2 rings (SSSR count). The zero-order valence-electron chi connectivity index (χ0n) is 10.4. The first-order valence-corrected chi connectivity index (χ1v) is 6.76. The van der Waals surface area contributed by atoms with Gasteiger partial charge in [-0.15, -0.1) is 0 Å². The van der Waals surface area contributed by atoms with Gasteiger partial charge in [-0.05, 0) is 44.1 Å². The first kappa shape index (κ1) is 12.8. The lowest BCUT2D eigenvalue weighted by molar-refractivity contribution is -0.138. The molecule has 1 N–H and O–H groups in total. The normalized spacial score (nSPS) is 28.1. The van der Waals surface area contributed by atoms with Crippen LogP contribution in [0.1, 0.15) is 32.1 Å². The van der Waals surface area contributed by atoms with Crippen LogP contribution in [0.4, 0.5) is 0 Å². The number of carboxylic acids is 1. The molecule has 0 bridgehead atoms. The van der Waals surface area contributed by atoms with E-state index in [1.807, 2.05) is 0 Å². The van der Waals surface area contributed by atoms with Crippen molar-refractivity contribution in [1.29, 1.82) is 0 Å². The number of likely N-dealkylation sites (tertiary alicyclic amines) is 1. The van der Waals surface area contributed by atoms with Crippen molar-refractivity contribution in [2.24, 2.45) is 11.8 Å². The second-order valence-corrected chi connectivity index (χ2v) is 5.42. The van der Waals surface area contributed by atoms with Crippen LogP contribution in [-0.2, 0) is 9.53 Å². The second-order valence-electron chi connectivity index (χ2n) is 5.42. The molecule has 0 aromatic carbocycles. The van der Waals surface area contributed by atoms with E-state index in [2.05, 4.69) is 4.90 Å². The Labute approximate surface area is 103 Å². The molecule has 2 heterocycles. The lowest BCUT2D eigenvalue weighted by atomic mass is 9.92. The van der Waals surface area contributed by atoms with Crippen molar-refractivity contribution in [2.45, 2.75) is 32.1 Å². The van der Waals surface area contributed by atoms with Crippen LogP contribution >= 0.6 is 0 Å². The lowest BCUT2D eigenvalue weighted by Gasteiger charge is -2.35. The Balaban J connectivity index is 1.74. The third kappa shape index (κ3) is 4.28. The molecule has 0 aliphatic carbocycles. The van der Waals surface area contributed by atoms with Crippen molar-refractivity contribution in [3.8, 4) is 0 Å². The summed E-state index contributed by atoms with van der Waals surface area (Å²) in [7, 11) is 0. The summed E-state index contributed by atoms with van der Waals surface area (Å²) in [5.74, 6) is 0.469.